The fourth-order valence-electron chi connectivity index (χ4n) is 3.02. The van der Waals surface area contributed by atoms with Gasteiger partial charge in [0, 0.05) is 6.54 Å². The predicted octanol–water partition coefficient (Wildman–Crippen LogP) is -1.81. The number of nitrogens with zero attached hydrogens (tertiary/aromatic N) is 1. The number of guanidine groups is 1. The van der Waals surface area contributed by atoms with Crippen molar-refractivity contribution >= 4 is 23.4 Å². The van der Waals surface area contributed by atoms with Crippen LogP contribution in [0.15, 0.2) is 4.99 Å². The van der Waals surface area contributed by atoms with Crippen LogP contribution in [-0.2, 0) is 19.1 Å². The molecule has 2 fully saturated rings. The minimum atomic E-state index is -1.57. The first-order chi connectivity index (χ1) is 11.2. The summed E-state index contributed by atoms with van der Waals surface area (Å²) in [7, 11) is 0. The maximum atomic E-state index is 12.5. The summed E-state index contributed by atoms with van der Waals surface area (Å²) in [6, 6.07) is -0.780. The molecule has 1 aliphatic heterocycles. The van der Waals surface area contributed by atoms with Crippen molar-refractivity contribution < 1.29 is 19.1 Å². The summed E-state index contributed by atoms with van der Waals surface area (Å²) in [5.74, 6) is -1.18. The summed E-state index contributed by atoms with van der Waals surface area (Å²) in [5.41, 5.74) is 14.8. The van der Waals surface area contributed by atoms with Gasteiger partial charge in [0.2, 0.25) is 5.91 Å². The van der Waals surface area contributed by atoms with Gasteiger partial charge in [-0.25, -0.2) is 0 Å². The molecule has 1 heterocycles. The van der Waals surface area contributed by atoms with Crippen LogP contribution < -0.4 is 22.5 Å². The third-order valence-electron chi connectivity index (χ3n) is 4.25. The summed E-state index contributed by atoms with van der Waals surface area (Å²) in [6.07, 6.45) is -0.543. The van der Waals surface area contributed by atoms with Crippen LogP contribution in [0.1, 0.15) is 33.1 Å². The van der Waals surface area contributed by atoms with E-state index in [1.807, 2.05) is 13.8 Å². The molecule has 9 heteroatoms. The number of ketones is 2. The van der Waals surface area contributed by atoms with E-state index in [1.165, 1.54) is 0 Å². The van der Waals surface area contributed by atoms with Gasteiger partial charge in [-0.1, -0.05) is 13.8 Å². The number of carbonyl (C=O) groups excluding carboxylic acids is 3. The first-order valence-corrected chi connectivity index (χ1v) is 8.06. The van der Waals surface area contributed by atoms with Crippen molar-refractivity contribution in [2.45, 2.75) is 56.9 Å². The van der Waals surface area contributed by atoms with E-state index >= 15 is 0 Å². The zero-order valence-electron chi connectivity index (χ0n) is 14.0. The van der Waals surface area contributed by atoms with E-state index in [-0.39, 0.29) is 24.8 Å². The number of ether oxygens (including phenoxy) is 1. The molecule has 9 nitrogen and oxygen atoms in total. The van der Waals surface area contributed by atoms with Crippen molar-refractivity contribution in [2.75, 3.05) is 6.54 Å². The second kappa shape index (κ2) is 6.86. The van der Waals surface area contributed by atoms with Gasteiger partial charge in [0.25, 0.3) is 0 Å². The van der Waals surface area contributed by atoms with Gasteiger partial charge in [-0.15, -0.1) is 0 Å². The Bertz CT molecular complexity index is 550. The molecular weight excluding hydrogens is 314 g/mol. The molecule has 0 bridgehead atoms. The number of fused-ring (bicyclic) bond motifs is 1. The molecule has 1 amide bonds. The zero-order valence-corrected chi connectivity index (χ0v) is 14.0. The monoisotopic (exact) mass is 339 g/mol. The number of hydrogen-bond acceptors (Lipinski definition) is 6. The van der Waals surface area contributed by atoms with E-state index in [9.17, 15) is 14.4 Å². The van der Waals surface area contributed by atoms with Crippen LogP contribution in [0.2, 0.25) is 0 Å². The first-order valence-electron chi connectivity index (χ1n) is 8.06. The Kier molecular flexibility index (Phi) is 5.24. The Balaban J connectivity index is 2.09. The van der Waals surface area contributed by atoms with Crippen LogP contribution in [0.4, 0.5) is 0 Å². The Labute approximate surface area is 140 Å². The molecule has 2 rings (SSSR count). The highest BCUT2D eigenvalue weighted by molar-refractivity contribution is 6.26. The van der Waals surface area contributed by atoms with Gasteiger partial charge in [0.1, 0.15) is 0 Å². The zero-order chi connectivity index (χ0) is 18.1. The number of hydrogen-bond donors (Lipinski definition) is 4. The fourth-order valence-corrected chi connectivity index (χ4v) is 3.02. The van der Waals surface area contributed by atoms with Gasteiger partial charge in [0.15, 0.2) is 35.3 Å². The third-order valence-corrected chi connectivity index (χ3v) is 4.25. The summed E-state index contributed by atoms with van der Waals surface area (Å²) in [5, 5.41) is 2.59. The van der Waals surface area contributed by atoms with E-state index in [2.05, 4.69) is 10.3 Å². The molecule has 134 valence electrons. The van der Waals surface area contributed by atoms with Crippen molar-refractivity contribution in [2.24, 2.45) is 28.1 Å². The first kappa shape index (κ1) is 18.3. The topological polar surface area (TPSA) is 166 Å². The van der Waals surface area contributed by atoms with Gasteiger partial charge < -0.3 is 27.3 Å². The SMILES string of the molecule is CC(C)C[C@H](N)C(=O)NC1(CCCN=C(N)N)C(=O)C2OC2C1=O. The van der Waals surface area contributed by atoms with Gasteiger partial charge in [-0.05, 0) is 25.2 Å². The highest BCUT2D eigenvalue weighted by atomic mass is 16.6. The van der Waals surface area contributed by atoms with Crippen LogP contribution in [0, 0.1) is 5.92 Å². The van der Waals surface area contributed by atoms with Gasteiger partial charge in [-0.3, -0.25) is 19.4 Å². The van der Waals surface area contributed by atoms with E-state index in [4.69, 9.17) is 21.9 Å². The minimum Gasteiger partial charge on any atom is -0.370 e. The van der Waals surface area contributed by atoms with Crippen molar-refractivity contribution in [3.8, 4) is 0 Å². The van der Waals surface area contributed by atoms with Crippen LogP contribution in [-0.4, -0.2) is 53.8 Å². The summed E-state index contributed by atoms with van der Waals surface area (Å²) < 4.78 is 5.03. The number of nitrogens with one attached hydrogen (secondary N) is 1. The van der Waals surface area contributed by atoms with Crippen LogP contribution in [0.3, 0.4) is 0 Å². The lowest BCUT2D eigenvalue weighted by Gasteiger charge is -2.30. The highest BCUT2D eigenvalue weighted by Crippen LogP contribution is 2.41. The highest BCUT2D eigenvalue weighted by Gasteiger charge is 2.70. The van der Waals surface area contributed by atoms with E-state index in [0.29, 0.717) is 12.8 Å². The molecule has 24 heavy (non-hydrogen) atoms. The number of aliphatic imine (C=N–C) groups is 1. The standard InChI is InChI=1S/C15H25N5O4/c1-7(2)6-8(16)13(23)20-15(4-3-5-19-14(17)18)11(21)9-10(24-9)12(15)22/h7-10H,3-6,16H2,1-2H3,(H,20,23)(H4,17,18,19)/t8-,9?,10?,15?/m0/s1. The van der Waals surface area contributed by atoms with Crippen LogP contribution in [0.25, 0.3) is 0 Å². The molecule has 7 N–H and O–H groups in total. The Morgan fingerprint density at radius 2 is 1.88 bits per heavy atom. The lowest BCUT2D eigenvalue weighted by molar-refractivity contribution is -0.142. The van der Waals surface area contributed by atoms with E-state index in [1.54, 1.807) is 0 Å². The Hall–Kier alpha value is -2.00. The fraction of sp³-hybridized carbons (Fsp3) is 0.733. The third kappa shape index (κ3) is 3.57. The average molecular weight is 339 g/mol. The maximum Gasteiger partial charge on any atom is 0.238 e. The molecule has 1 aliphatic carbocycles. The minimum absolute atomic E-state index is 0.0673. The number of nitrogens with two attached hydrogens (primary N) is 3. The van der Waals surface area contributed by atoms with E-state index in [0.717, 1.165) is 0 Å². The van der Waals surface area contributed by atoms with Crippen molar-refractivity contribution in [3.63, 3.8) is 0 Å². The van der Waals surface area contributed by atoms with Crippen LogP contribution >= 0.6 is 0 Å². The average Bonchev–Trinajstić information content (AvgIpc) is 3.24. The molecule has 0 aromatic carbocycles. The molecule has 3 atom stereocenters. The lowest BCUT2D eigenvalue weighted by Crippen LogP contribution is -2.62. The molecule has 2 unspecified atom stereocenters. The number of carbonyl (C=O) groups is 3. The summed E-state index contributed by atoms with van der Waals surface area (Å²) in [6.45, 7) is 4.13. The second-order valence-corrected chi connectivity index (χ2v) is 6.75. The number of rotatable bonds is 8. The van der Waals surface area contributed by atoms with Crippen molar-refractivity contribution in [1.82, 2.24) is 5.32 Å². The van der Waals surface area contributed by atoms with Crippen molar-refractivity contribution in [1.29, 1.82) is 0 Å². The number of amides is 1. The summed E-state index contributed by atoms with van der Waals surface area (Å²) >= 11 is 0. The number of epoxide rings is 1. The normalized spacial score (nSPS) is 29.3. The second-order valence-electron chi connectivity index (χ2n) is 6.75. The Morgan fingerprint density at radius 1 is 1.29 bits per heavy atom. The van der Waals surface area contributed by atoms with Gasteiger partial charge in [0.05, 0.1) is 6.04 Å². The molecule has 0 spiro atoms. The molecule has 0 radical (unpaired) electrons. The predicted molar refractivity (Wildman–Crippen MR) is 86.9 cm³/mol. The maximum absolute atomic E-state index is 12.5. The molecule has 0 aromatic rings. The largest absolute Gasteiger partial charge is 0.370 e. The Morgan fingerprint density at radius 3 is 2.38 bits per heavy atom. The molecular formula is C15H25N5O4. The lowest BCUT2D eigenvalue weighted by atomic mass is 9.87. The van der Waals surface area contributed by atoms with E-state index < -0.39 is 41.3 Å². The quantitative estimate of drug-likeness (QED) is 0.133. The molecule has 2 aliphatic rings. The smallest absolute Gasteiger partial charge is 0.238 e. The number of Topliss-reactive ketones (excluding diaryl/α,β-unsaturated/α-hetero) is 2. The van der Waals surface area contributed by atoms with Crippen molar-refractivity contribution in [3.05, 3.63) is 0 Å². The van der Waals surface area contributed by atoms with Gasteiger partial charge in [-0.2, -0.15) is 0 Å². The summed E-state index contributed by atoms with van der Waals surface area (Å²) in [4.78, 5) is 41.2. The van der Waals surface area contributed by atoms with Crippen LogP contribution in [0.5, 0.6) is 0 Å². The molecule has 1 saturated carbocycles. The molecule has 1 saturated heterocycles. The molecule has 0 aromatic heterocycles. The van der Waals surface area contributed by atoms with Gasteiger partial charge >= 0.3 is 0 Å².